The van der Waals surface area contributed by atoms with Crippen molar-refractivity contribution in [3.63, 3.8) is 0 Å². The second-order valence-corrected chi connectivity index (χ2v) is 10.9. The predicted molar refractivity (Wildman–Crippen MR) is 146 cm³/mol. The molecule has 222 valence electrons. The van der Waals surface area contributed by atoms with Crippen LogP contribution in [-0.4, -0.2) is 80.6 Å². The van der Waals surface area contributed by atoms with Crippen LogP contribution in [-0.2, 0) is 24.0 Å². The molecule has 1 fully saturated rings. The molecule has 6 N–H and O–H groups in total. The van der Waals surface area contributed by atoms with Crippen LogP contribution in [0.5, 0.6) is 5.75 Å². The number of carbonyl (C=O) groups excluding carboxylic acids is 4. The number of nitrogens with one attached hydrogen (secondary N) is 3. The number of aliphatic carboxylic acids is 1. The number of carboxylic acids is 1. The largest absolute Gasteiger partial charge is 0.508 e. The Labute approximate surface area is 234 Å². The van der Waals surface area contributed by atoms with Gasteiger partial charge in [-0.05, 0) is 42.9 Å². The summed E-state index contributed by atoms with van der Waals surface area (Å²) in [7, 11) is 0. The van der Waals surface area contributed by atoms with E-state index in [1.807, 2.05) is 13.8 Å². The minimum atomic E-state index is -1.35. The third-order valence-corrected chi connectivity index (χ3v) is 7.11. The number of carboxylic acid groups (broad SMARTS) is 1. The number of benzene rings is 1. The SMILES string of the molecule is CC[C@H](C)C(NC(=O)C(NC(=O)C1CC(O)CN1C(=O)[C@H](C)NC(=O)CCC(C)C)c1ccc(O)cc1)C(=O)O. The van der Waals surface area contributed by atoms with E-state index < -0.39 is 59.9 Å². The van der Waals surface area contributed by atoms with Crippen molar-refractivity contribution in [3.8, 4) is 5.75 Å². The molecular weight excluding hydrogens is 520 g/mol. The van der Waals surface area contributed by atoms with Crippen LogP contribution in [0.4, 0.5) is 0 Å². The quantitative estimate of drug-likeness (QED) is 0.206. The van der Waals surface area contributed by atoms with Gasteiger partial charge in [0.25, 0.3) is 0 Å². The first-order valence-corrected chi connectivity index (χ1v) is 13.6. The van der Waals surface area contributed by atoms with E-state index in [1.165, 1.54) is 36.1 Å². The molecule has 4 amide bonds. The van der Waals surface area contributed by atoms with E-state index in [1.54, 1.807) is 13.8 Å². The van der Waals surface area contributed by atoms with Gasteiger partial charge in [0, 0.05) is 19.4 Å². The summed E-state index contributed by atoms with van der Waals surface area (Å²) in [5.41, 5.74) is 0.277. The second-order valence-electron chi connectivity index (χ2n) is 10.9. The molecule has 0 aromatic heterocycles. The lowest BCUT2D eigenvalue weighted by molar-refractivity contribution is -0.144. The number of hydrogen-bond donors (Lipinski definition) is 6. The summed E-state index contributed by atoms with van der Waals surface area (Å²) in [6, 6.07) is 0.856. The zero-order chi connectivity index (χ0) is 30.1. The maximum absolute atomic E-state index is 13.4. The lowest BCUT2D eigenvalue weighted by Gasteiger charge is -2.29. The molecular formula is C28H42N4O8. The summed E-state index contributed by atoms with van der Waals surface area (Å²) in [5.74, 6) is -3.74. The maximum atomic E-state index is 13.4. The molecule has 0 aliphatic carbocycles. The van der Waals surface area contributed by atoms with Crippen LogP contribution in [0.15, 0.2) is 24.3 Å². The van der Waals surface area contributed by atoms with Crippen molar-refractivity contribution < 1.29 is 39.3 Å². The smallest absolute Gasteiger partial charge is 0.326 e. The minimum absolute atomic E-state index is 0.0719. The monoisotopic (exact) mass is 562 g/mol. The summed E-state index contributed by atoms with van der Waals surface area (Å²) < 4.78 is 0. The number of β-amino-alcohol motifs (C(OH)–C–C–N with tert-alkyl or cyclic N) is 1. The maximum Gasteiger partial charge on any atom is 0.326 e. The van der Waals surface area contributed by atoms with Gasteiger partial charge >= 0.3 is 5.97 Å². The first kappa shape index (κ1) is 32.5. The van der Waals surface area contributed by atoms with E-state index in [0.717, 1.165) is 0 Å². The second kappa shape index (κ2) is 14.6. The van der Waals surface area contributed by atoms with Crippen LogP contribution < -0.4 is 16.0 Å². The number of aliphatic hydroxyl groups is 1. The highest BCUT2D eigenvalue weighted by atomic mass is 16.4. The normalized spacial score (nSPS) is 19.8. The zero-order valence-electron chi connectivity index (χ0n) is 23.7. The number of amides is 4. The van der Waals surface area contributed by atoms with Gasteiger partial charge in [-0.3, -0.25) is 19.2 Å². The lowest BCUT2D eigenvalue weighted by atomic mass is 9.98. The van der Waals surface area contributed by atoms with Crippen molar-refractivity contribution in [2.45, 2.75) is 90.6 Å². The predicted octanol–water partition coefficient (Wildman–Crippen LogP) is 1.07. The highest BCUT2D eigenvalue weighted by molar-refractivity contribution is 5.95. The molecule has 1 aliphatic heterocycles. The lowest BCUT2D eigenvalue weighted by Crippen LogP contribution is -2.55. The Kier molecular flexibility index (Phi) is 11.9. The third-order valence-electron chi connectivity index (χ3n) is 7.11. The number of phenols is 1. The summed E-state index contributed by atoms with van der Waals surface area (Å²) in [6.45, 7) is 8.80. The molecule has 2 rings (SSSR count). The van der Waals surface area contributed by atoms with Crippen molar-refractivity contribution in [1.29, 1.82) is 0 Å². The number of carbonyl (C=O) groups is 5. The number of aliphatic hydroxyl groups excluding tert-OH is 1. The van der Waals surface area contributed by atoms with Gasteiger partial charge in [0.2, 0.25) is 23.6 Å². The first-order valence-electron chi connectivity index (χ1n) is 13.6. The number of likely N-dealkylation sites (tertiary alicyclic amines) is 1. The van der Waals surface area contributed by atoms with Crippen LogP contribution in [0.2, 0.25) is 0 Å². The Morgan fingerprint density at radius 2 is 1.62 bits per heavy atom. The van der Waals surface area contributed by atoms with Crippen molar-refractivity contribution in [1.82, 2.24) is 20.9 Å². The van der Waals surface area contributed by atoms with Crippen LogP contribution in [0, 0.1) is 11.8 Å². The molecule has 1 aromatic rings. The number of rotatable bonds is 13. The standard InChI is InChI=1S/C28H42N4O8/c1-6-16(4)23(28(39)40)30-26(37)24(18-8-10-19(33)11-9-18)31-25(36)21-13-20(34)14-32(21)27(38)17(5)29-22(35)12-7-15(2)3/h8-11,15-17,20-21,23-24,33-34H,6-7,12-14H2,1-5H3,(H,29,35)(H,30,37)(H,31,36)(H,39,40)/t16-,17-,20?,21?,23?,24?/m0/s1. The van der Waals surface area contributed by atoms with E-state index in [4.69, 9.17) is 0 Å². The van der Waals surface area contributed by atoms with Crippen LogP contribution in [0.3, 0.4) is 0 Å². The van der Waals surface area contributed by atoms with Gasteiger partial charge in [-0.2, -0.15) is 0 Å². The van der Waals surface area contributed by atoms with Crippen LogP contribution in [0.1, 0.15) is 71.9 Å². The zero-order valence-corrected chi connectivity index (χ0v) is 23.7. The molecule has 12 nitrogen and oxygen atoms in total. The van der Waals surface area contributed by atoms with E-state index in [0.29, 0.717) is 18.8 Å². The average molecular weight is 563 g/mol. The molecule has 0 bridgehead atoms. The fraction of sp³-hybridized carbons (Fsp3) is 0.607. The molecule has 0 saturated carbocycles. The Bertz CT molecular complexity index is 1060. The van der Waals surface area contributed by atoms with Crippen molar-refractivity contribution >= 4 is 29.6 Å². The minimum Gasteiger partial charge on any atom is -0.508 e. The van der Waals surface area contributed by atoms with E-state index in [9.17, 15) is 39.3 Å². The fourth-order valence-electron chi connectivity index (χ4n) is 4.47. The molecule has 1 aromatic carbocycles. The molecule has 40 heavy (non-hydrogen) atoms. The highest BCUT2D eigenvalue weighted by Gasteiger charge is 2.42. The summed E-state index contributed by atoms with van der Waals surface area (Å²) >= 11 is 0. The summed E-state index contributed by atoms with van der Waals surface area (Å²) in [4.78, 5) is 65.2. The van der Waals surface area contributed by atoms with Gasteiger partial charge in [0.1, 0.15) is 29.9 Å². The van der Waals surface area contributed by atoms with Crippen LogP contribution >= 0.6 is 0 Å². The van der Waals surface area contributed by atoms with E-state index in [2.05, 4.69) is 16.0 Å². The molecule has 0 radical (unpaired) electrons. The Balaban J connectivity index is 2.24. The molecule has 6 atom stereocenters. The number of nitrogens with zero attached hydrogens (tertiary/aromatic N) is 1. The summed E-state index contributed by atoms with van der Waals surface area (Å²) in [6.07, 6.45) is 0.308. The van der Waals surface area contributed by atoms with Gasteiger partial charge in [0.05, 0.1) is 6.10 Å². The Morgan fingerprint density at radius 3 is 2.17 bits per heavy atom. The molecule has 12 heteroatoms. The van der Waals surface area contributed by atoms with Crippen molar-refractivity contribution in [2.24, 2.45) is 11.8 Å². The molecule has 0 spiro atoms. The molecule has 1 aliphatic rings. The number of phenolic OH excluding ortho intramolecular Hbond substituents is 1. The van der Waals surface area contributed by atoms with Gasteiger partial charge in [-0.15, -0.1) is 0 Å². The number of aromatic hydroxyl groups is 1. The third kappa shape index (κ3) is 8.94. The van der Waals surface area contributed by atoms with Crippen molar-refractivity contribution in [3.05, 3.63) is 29.8 Å². The fourth-order valence-corrected chi connectivity index (χ4v) is 4.47. The van der Waals surface area contributed by atoms with Gasteiger partial charge in [-0.25, -0.2) is 4.79 Å². The molecule has 1 heterocycles. The van der Waals surface area contributed by atoms with Crippen molar-refractivity contribution in [2.75, 3.05) is 6.54 Å². The molecule has 1 saturated heterocycles. The van der Waals surface area contributed by atoms with E-state index in [-0.39, 0.29) is 36.6 Å². The first-order chi connectivity index (χ1) is 18.7. The Morgan fingerprint density at radius 1 is 1.00 bits per heavy atom. The van der Waals surface area contributed by atoms with E-state index >= 15 is 0 Å². The summed E-state index contributed by atoms with van der Waals surface area (Å²) in [5, 5.41) is 37.3. The average Bonchev–Trinajstić information content (AvgIpc) is 3.30. The van der Waals surface area contributed by atoms with Gasteiger partial charge < -0.3 is 36.2 Å². The topological polar surface area (TPSA) is 185 Å². The number of hydrogen-bond acceptors (Lipinski definition) is 7. The Hall–Kier alpha value is -3.67. The van der Waals surface area contributed by atoms with Gasteiger partial charge in [0.15, 0.2) is 0 Å². The van der Waals surface area contributed by atoms with Gasteiger partial charge in [-0.1, -0.05) is 46.2 Å². The van der Waals surface area contributed by atoms with Crippen LogP contribution in [0.25, 0.3) is 0 Å². The molecule has 4 unspecified atom stereocenters. The highest BCUT2D eigenvalue weighted by Crippen LogP contribution is 2.23.